The van der Waals surface area contributed by atoms with Gasteiger partial charge in [-0.15, -0.1) is 0 Å². The van der Waals surface area contributed by atoms with E-state index in [1.165, 1.54) is 12.3 Å². The monoisotopic (exact) mass is 291 g/mol. The molecular formula is C16H22FN3O. The maximum absolute atomic E-state index is 13.2. The SMILES string of the molecule is CCCNC(CCC(N)c1cncc(F)c1)c1ccoc1. The summed E-state index contributed by atoms with van der Waals surface area (Å²) in [6.07, 6.45) is 8.91. The van der Waals surface area contributed by atoms with E-state index in [1.54, 1.807) is 18.7 Å². The lowest BCUT2D eigenvalue weighted by Gasteiger charge is -2.19. The first-order chi connectivity index (χ1) is 10.2. The third-order valence-electron chi connectivity index (χ3n) is 3.51. The van der Waals surface area contributed by atoms with Crippen LogP contribution in [0.4, 0.5) is 4.39 Å². The minimum atomic E-state index is -0.349. The van der Waals surface area contributed by atoms with Gasteiger partial charge < -0.3 is 15.5 Å². The molecule has 2 rings (SSSR count). The van der Waals surface area contributed by atoms with Gasteiger partial charge in [-0.25, -0.2) is 4.39 Å². The van der Waals surface area contributed by atoms with Crippen LogP contribution in [0, 0.1) is 5.82 Å². The molecule has 21 heavy (non-hydrogen) atoms. The molecule has 0 aliphatic heterocycles. The Morgan fingerprint density at radius 1 is 1.33 bits per heavy atom. The lowest BCUT2D eigenvalue weighted by molar-refractivity contribution is 0.453. The van der Waals surface area contributed by atoms with E-state index in [-0.39, 0.29) is 17.9 Å². The first kappa shape index (κ1) is 15.7. The summed E-state index contributed by atoms with van der Waals surface area (Å²) in [5, 5.41) is 3.48. The first-order valence-corrected chi connectivity index (χ1v) is 7.32. The van der Waals surface area contributed by atoms with Crippen LogP contribution in [0.25, 0.3) is 0 Å². The van der Waals surface area contributed by atoms with E-state index in [1.807, 2.05) is 6.07 Å². The Hall–Kier alpha value is -1.72. The summed E-state index contributed by atoms with van der Waals surface area (Å²) in [6.45, 7) is 3.07. The van der Waals surface area contributed by atoms with E-state index in [0.717, 1.165) is 36.9 Å². The van der Waals surface area contributed by atoms with Crippen LogP contribution in [-0.2, 0) is 0 Å². The lowest BCUT2D eigenvalue weighted by Crippen LogP contribution is -2.23. The number of nitrogens with one attached hydrogen (secondary N) is 1. The molecule has 0 aliphatic rings. The fraction of sp³-hybridized carbons (Fsp3) is 0.438. The van der Waals surface area contributed by atoms with Crippen molar-refractivity contribution in [2.75, 3.05) is 6.54 Å². The summed E-state index contributed by atoms with van der Waals surface area (Å²) in [5.41, 5.74) is 7.99. The van der Waals surface area contributed by atoms with Crippen molar-refractivity contribution in [1.82, 2.24) is 10.3 Å². The van der Waals surface area contributed by atoms with Crippen molar-refractivity contribution in [2.45, 2.75) is 38.3 Å². The summed E-state index contributed by atoms with van der Waals surface area (Å²) in [7, 11) is 0. The minimum absolute atomic E-state index is 0.205. The van der Waals surface area contributed by atoms with Gasteiger partial charge in [0, 0.05) is 23.8 Å². The highest BCUT2D eigenvalue weighted by molar-refractivity contribution is 5.15. The Balaban J connectivity index is 1.94. The van der Waals surface area contributed by atoms with Gasteiger partial charge in [0.2, 0.25) is 0 Å². The van der Waals surface area contributed by atoms with Crippen LogP contribution in [0.15, 0.2) is 41.5 Å². The predicted molar refractivity (Wildman–Crippen MR) is 80.1 cm³/mol. The molecule has 5 heteroatoms. The molecule has 2 aromatic heterocycles. The second-order valence-corrected chi connectivity index (χ2v) is 5.18. The minimum Gasteiger partial charge on any atom is -0.472 e. The topological polar surface area (TPSA) is 64.1 Å². The Kier molecular flexibility index (Phi) is 5.90. The predicted octanol–water partition coefficient (Wildman–Crippen LogP) is 3.33. The molecule has 0 amide bonds. The van der Waals surface area contributed by atoms with E-state index in [2.05, 4.69) is 17.2 Å². The number of aromatic nitrogens is 1. The van der Waals surface area contributed by atoms with Crippen molar-refractivity contribution in [3.8, 4) is 0 Å². The van der Waals surface area contributed by atoms with E-state index in [0.29, 0.717) is 0 Å². The molecule has 0 spiro atoms. The Morgan fingerprint density at radius 2 is 2.19 bits per heavy atom. The number of rotatable bonds is 8. The third-order valence-corrected chi connectivity index (χ3v) is 3.51. The Bertz CT molecular complexity index is 530. The van der Waals surface area contributed by atoms with E-state index in [4.69, 9.17) is 10.2 Å². The van der Waals surface area contributed by atoms with Crippen LogP contribution in [0.5, 0.6) is 0 Å². The standard InChI is InChI=1S/C16H22FN3O/c1-2-6-20-16(12-5-7-21-11-12)4-3-15(18)13-8-14(17)10-19-9-13/h5,7-11,15-16,20H,2-4,6,18H2,1H3. The van der Waals surface area contributed by atoms with Gasteiger partial charge in [-0.1, -0.05) is 6.92 Å². The molecule has 0 bridgehead atoms. The normalized spacial score (nSPS) is 14.0. The van der Waals surface area contributed by atoms with Crippen LogP contribution in [0.1, 0.15) is 49.4 Å². The number of nitrogens with zero attached hydrogens (tertiary/aromatic N) is 1. The highest BCUT2D eigenvalue weighted by atomic mass is 19.1. The molecule has 2 aromatic rings. The van der Waals surface area contributed by atoms with Crippen molar-refractivity contribution in [3.63, 3.8) is 0 Å². The molecule has 114 valence electrons. The number of hydrogen-bond donors (Lipinski definition) is 2. The highest BCUT2D eigenvalue weighted by Gasteiger charge is 2.15. The first-order valence-electron chi connectivity index (χ1n) is 7.32. The number of hydrogen-bond acceptors (Lipinski definition) is 4. The van der Waals surface area contributed by atoms with Gasteiger partial charge in [0.05, 0.1) is 18.7 Å². The smallest absolute Gasteiger partial charge is 0.141 e. The fourth-order valence-corrected chi connectivity index (χ4v) is 2.32. The van der Waals surface area contributed by atoms with Gasteiger partial charge in [0.15, 0.2) is 0 Å². The zero-order chi connectivity index (χ0) is 15.1. The zero-order valence-electron chi connectivity index (χ0n) is 12.3. The molecule has 2 heterocycles. The highest BCUT2D eigenvalue weighted by Crippen LogP contribution is 2.24. The summed E-state index contributed by atoms with van der Waals surface area (Å²) >= 11 is 0. The Labute approximate surface area is 124 Å². The van der Waals surface area contributed by atoms with E-state index >= 15 is 0 Å². The van der Waals surface area contributed by atoms with Crippen molar-refractivity contribution in [1.29, 1.82) is 0 Å². The quantitative estimate of drug-likeness (QED) is 0.783. The van der Waals surface area contributed by atoms with Gasteiger partial charge in [-0.3, -0.25) is 4.98 Å². The van der Waals surface area contributed by atoms with Gasteiger partial charge in [-0.2, -0.15) is 0 Å². The molecular weight excluding hydrogens is 269 g/mol. The number of halogens is 1. The summed E-state index contributed by atoms with van der Waals surface area (Å²) in [5.74, 6) is -0.349. The molecule has 0 radical (unpaired) electrons. The summed E-state index contributed by atoms with van der Waals surface area (Å²) in [4.78, 5) is 3.85. The van der Waals surface area contributed by atoms with Crippen LogP contribution in [-0.4, -0.2) is 11.5 Å². The molecule has 0 aliphatic carbocycles. The maximum atomic E-state index is 13.2. The largest absolute Gasteiger partial charge is 0.472 e. The van der Waals surface area contributed by atoms with Gasteiger partial charge in [0.25, 0.3) is 0 Å². The van der Waals surface area contributed by atoms with Crippen LogP contribution >= 0.6 is 0 Å². The van der Waals surface area contributed by atoms with Crippen molar-refractivity contribution >= 4 is 0 Å². The average molecular weight is 291 g/mol. The second-order valence-electron chi connectivity index (χ2n) is 5.18. The third kappa shape index (κ3) is 4.65. The molecule has 0 saturated carbocycles. The zero-order valence-corrected chi connectivity index (χ0v) is 12.3. The molecule has 0 fully saturated rings. The van der Waals surface area contributed by atoms with Gasteiger partial charge in [0.1, 0.15) is 5.82 Å². The second kappa shape index (κ2) is 7.90. The Morgan fingerprint density at radius 3 is 2.86 bits per heavy atom. The van der Waals surface area contributed by atoms with Crippen molar-refractivity contribution < 1.29 is 8.81 Å². The van der Waals surface area contributed by atoms with Crippen molar-refractivity contribution in [2.24, 2.45) is 5.73 Å². The van der Waals surface area contributed by atoms with Crippen LogP contribution in [0.3, 0.4) is 0 Å². The number of furan rings is 1. The molecule has 0 saturated heterocycles. The van der Waals surface area contributed by atoms with Gasteiger partial charge in [-0.05, 0) is 43.5 Å². The van der Waals surface area contributed by atoms with Crippen LogP contribution in [0.2, 0.25) is 0 Å². The molecule has 3 N–H and O–H groups in total. The summed E-state index contributed by atoms with van der Waals surface area (Å²) < 4.78 is 18.3. The van der Waals surface area contributed by atoms with Crippen LogP contribution < -0.4 is 11.1 Å². The van der Waals surface area contributed by atoms with Gasteiger partial charge >= 0.3 is 0 Å². The van der Waals surface area contributed by atoms with E-state index in [9.17, 15) is 4.39 Å². The fourth-order valence-electron chi connectivity index (χ4n) is 2.32. The molecule has 4 nitrogen and oxygen atoms in total. The number of pyridine rings is 1. The lowest BCUT2D eigenvalue weighted by atomic mass is 9.98. The average Bonchev–Trinajstić information content (AvgIpc) is 3.01. The maximum Gasteiger partial charge on any atom is 0.141 e. The summed E-state index contributed by atoms with van der Waals surface area (Å²) in [6, 6.07) is 3.40. The van der Waals surface area contributed by atoms with E-state index < -0.39 is 0 Å². The van der Waals surface area contributed by atoms with Crippen molar-refractivity contribution in [3.05, 3.63) is 54.0 Å². The molecule has 0 aromatic carbocycles. The molecule has 2 unspecified atom stereocenters. The number of nitrogens with two attached hydrogens (primary N) is 1. The molecule has 2 atom stereocenters.